The van der Waals surface area contributed by atoms with Crippen molar-refractivity contribution in [2.24, 2.45) is 29.1 Å². The Bertz CT molecular complexity index is 3720. The molecule has 1 saturated heterocycles. The number of carbonyl (C=O) groups is 12. The number of nitrogens with one attached hydrogen (secondary N) is 5. The molecule has 5 rings (SSSR count). The fourth-order valence-corrected chi connectivity index (χ4v) is 12.3. The summed E-state index contributed by atoms with van der Waals surface area (Å²) in [6, 6.07) is 16.7. The first-order valence-corrected chi connectivity index (χ1v) is 39.5. The van der Waals surface area contributed by atoms with Crippen molar-refractivity contribution in [2.45, 2.75) is 195 Å². The van der Waals surface area contributed by atoms with Crippen LogP contribution in [0.1, 0.15) is 166 Å². The van der Waals surface area contributed by atoms with Gasteiger partial charge in [0.1, 0.15) is 42.5 Å². The minimum Gasteiger partial charge on any atom is -0.481 e. The van der Waals surface area contributed by atoms with Crippen LogP contribution in [0.5, 0.6) is 0 Å². The van der Waals surface area contributed by atoms with Gasteiger partial charge in [-0.2, -0.15) is 8.42 Å². The summed E-state index contributed by atoms with van der Waals surface area (Å²) in [4.78, 5) is 159. The first-order valence-electron chi connectivity index (χ1n) is 37.5. The molecule has 3 aromatic rings. The third kappa shape index (κ3) is 35.3. The molecule has 2 heterocycles. The van der Waals surface area contributed by atoms with Crippen molar-refractivity contribution in [2.75, 3.05) is 83.6 Å². The molecule has 0 unspecified atom stereocenters. The van der Waals surface area contributed by atoms with E-state index in [9.17, 15) is 71.1 Å². The molecular formula is C79H111ClN6O23S. The quantitative estimate of drug-likeness (QED) is 0.0125. The Morgan fingerprint density at radius 1 is 0.718 bits per heavy atom. The summed E-state index contributed by atoms with van der Waals surface area (Å²) in [5.41, 5.74) is 3.23. The van der Waals surface area contributed by atoms with E-state index in [0.717, 1.165) is 22.3 Å². The Morgan fingerprint density at radius 3 is 1.96 bits per heavy atom. The molecule has 7 N–H and O–H groups in total. The highest BCUT2D eigenvalue weighted by Gasteiger charge is 2.48. The van der Waals surface area contributed by atoms with Gasteiger partial charge in [0.15, 0.2) is 5.78 Å². The number of ketones is 3. The van der Waals surface area contributed by atoms with Gasteiger partial charge in [-0.25, -0.2) is 4.79 Å². The van der Waals surface area contributed by atoms with E-state index >= 15 is 0 Å². The lowest BCUT2D eigenvalue weighted by molar-refractivity contribution is -0.157. The van der Waals surface area contributed by atoms with Gasteiger partial charge in [-0.05, 0) is 104 Å². The van der Waals surface area contributed by atoms with E-state index in [4.69, 9.17) is 49.3 Å². The number of hydrogen-bond donors (Lipinski definition) is 7. The van der Waals surface area contributed by atoms with Gasteiger partial charge in [-0.3, -0.25) is 57.3 Å². The highest BCUT2D eigenvalue weighted by Crippen LogP contribution is 2.45. The van der Waals surface area contributed by atoms with Crippen molar-refractivity contribution in [3.05, 3.63) is 112 Å². The van der Waals surface area contributed by atoms with E-state index in [0.29, 0.717) is 29.1 Å². The van der Waals surface area contributed by atoms with Gasteiger partial charge in [0.25, 0.3) is 10.1 Å². The molecule has 0 spiro atoms. The smallest absolute Gasteiger partial charge is 0.328 e. The van der Waals surface area contributed by atoms with Crippen LogP contribution in [0.15, 0.2) is 78.9 Å². The third-order valence-corrected chi connectivity index (χ3v) is 19.6. The highest BCUT2D eigenvalue weighted by atomic mass is 35.5. The van der Waals surface area contributed by atoms with Crippen molar-refractivity contribution in [3.8, 4) is 0 Å². The number of amides is 6. The van der Waals surface area contributed by atoms with E-state index in [2.05, 4.69) is 26.6 Å². The number of carboxylic acids is 1. The summed E-state index contributed by atoms with van der Waals surface area (Å²) < 4.78 is 69.8. The largest absolute Gasteiger partial charge is 0.481 e. The lowest BCUT2D eigenvalue weighted by Gasteiger charge is -2.30. The molecule has 2 aliphatic heterocycles. The van der Waals surface area contributed by atoms with Crippen molar-refractivity contribution in [3.63, 3.8) is 0 Å². The Labute approximate surface area is 649 Å². The standard InChI is InChI=1S/C79H111ClN6O23S/c1-50(2)44-64-77(98)108-66(13-10-14-67(90)83-63(47-57-16-15-52(5)62(80)46-57)76(97)81-49-79(8,9)78(99)84-64)54(7)73-74(109-73)58-22-17-55(18-23-58)21-28-71(95)107-48-56-19-24-59(25-20-56)82-75(96)53(6)45-65(89)72(51(3)4)85-68(91)29-33-86(34-30-70(93)94)69(92)27-26-60(87)12-11-35-103-37-39-105-41-42-106-40-38-104-36-31-61(88)32-43-110(100,101)102/h10,14-20,22-25,46,50-51,53-54,63-64,66,72-74H,11-13,21,26-45,47-49H2,1-9H3,(H,81,97)(H,82,96)(H,83,90)(H,84,99)(H,85,91)(H,93,94)(H,100,101,102)/b14-10+/t53-,54+,63-,64+,66+,72+,73-,74-/m1/s1. The van der Waals surface area contributed by atoms with Crippen LogP contribution in [0.4, 0.5) is 5.69 Å². The van der Waals surface area contributed by atoms with Gasteiger partial charge in [-0.1, -0.05) is 108 Å². The zero-order valence-corrected chi connectivity index (χ0v) is 66.1. The minimum absolute atomic E-state index is 0.00345. The summed E-state index contributed by atoms with van der Waals surface area (Å²) in [5.74, 6) is -8.45. The van der Waals surface area contributed by atoms with Crippen LogP contribution in [-0.2, 0) is 120 Å². The Balaban J connectivity index is 1.00. The molecule has 29 nitrogen and oxygen atoms in total. The first-order chi connectivity index (χ1) is 52.1. The molecule has 3 aromatic carbocycles. The summed E-state index contributed by atoms with van der Waals surface area (Å²) in [6.07, 6.45) is 1.45. The van der Waals surface area contributed by atoms with Crippen molar-refractivity contribution >= 4 is 98.1 Å². The predicted molar refractivity (Wildman–Crippen MR) is 406 cm³/mol. The monoisotopic (exact) mass is 1580 g/mol. The fourth-order valence-electron chi connectivity index (χ4n) is 11.6. The second-order valence-electron chi connectivity index (χ2n) is 29.2. The number of nitrogens with zero attached hydrogens (tertiary/aromatic N) is 1. The number of carbonyl (C=O) groups excluding carboxylic acids is 11. The molecule has 6 amide bonds. The van der Waals surface area contributed by atoms with Crippen LogP contribution in [0.3, 0.4) is 0 Å². The molecular weight excluding hydrogens is 1470 g/mol. The van der Waals surface area contributed by atoms with Crippen LogP contribution in [0.25, 0.3) is 0 Å². The third-order valence-electron chi connectivity index (χ3n) is 18.5. The molecule has 0 bridgehead atoms. The number of rotatable bonds is 47. The van der Waals surface area contributed by atoms with Crippen LogP contribution in [0.2, 0.25) is 5.02 Å². The number of esters is 2. The van der Waals surface area contributed by atoms with Crippen LogP contribution in [-0.4, -0.2) is 202 Å². The molecule has 31 heteroatoms. The zero-order valence-electron chi connectivity index (χ0n) is 64.6. The number of cyclic esters (lactones) is 1. The normalized spacial score (nSPS) is 18.7. The number of Topliss-reactive ketones (excluding diaryl/α,β-unsaturated/α-hetero) is 3. The molecule has 0 radical (unpaired) electrons. The van der Waals surface area contributed by atoms with E-state index in [-0.39, 0.29) is 191 Å². The van der Waals surface area contributed by atoms with Crippen molar-refractivity contribution in [1.29, 1.82) is 0 Å². The summed E-state index contributed by atoms with van der Waals surface area (Å²) >= 11 is 6.41. The number of epoxide rings is 1. The van der Waals surface area contributed by atoms with E-state index < -0.39 is 117 Å². The van der Waals surface area contributed by atoms with Crippen LogP contribution < -0.4 is 26.6 Å². The molecule has 8 atom stereocenters. The van der Waals surface area contributed by atoms with Crippen LogP contribution >= 0.6 is 11.6 Å². The highest BCUT2D eigenvalue weighted by molar-refractivity contribution is 7.85. The molecule has 1 fully saturated rings. The Kier molecular flexibility index (Phi) is 39.5. The summed E-state index contributed by atoms with van der Waals surface area (Å²) in [5, 5.41) is 23.9. The molecule has 0 saturated carbocycles. The topological polar surface area (TPSA) is 411 Å². The number of anilines is 1. The number of halogens is 1. The number of carboxylic acid groups (broad SMARTS) is 1. The Morgan fingerprint density at radius 2 is 1.34 bits per heavy atom. The van der Waals surface area contributed by atoms with Gasteiger partial charge in [-0.15, -0.1) is 0 Å². The fraction of sp³-hybridized carbons (Fsp3) is 0.595. The van der Waals surface area contributed by atoms with E-state index in [1.165, 1.54) is 11.0 Å². The number of aliphatic carboxylic acids is 1. The van der Waals surface area contributed by atoms with Gasteiger partial charge in [0.05, 0.1) is 76.0 Å². The molecule has 608 valence electrons. The Hall–Kier alpha value is -8.36. The maximum Gasteiger partial charge on any atom is 0.328 e. The summed E-state index contributed by atoms with van der Waals surface area (Å²) in [7, 11) is -4.19. The van der Waals surface area contributed by atoms with Gasteiger partial charge >= 0.3 is 17.9 Å². The number of ether oxygens (including phenoxy) is 7. The maximum absolute atomic E-state index is 14.1. The van der Waals surface area contributed by atoms with Gasteiger partial charge in [0.2, 0.25) is 35.4 Å². The average molecular weight is 1580 g/mol. The van der Waals surface area contributed by atoms with Crippen molar-refractivity contribution < 1.29 is 109 Å². The molecule has 110 heavy (non-hydrogen) atoms. The summed E-state index contributed by atoms with van der Waals surface area (Å²) in [6.45, 7) is 17.4. The second-order valence-corrected chi connectivity index (χ2v) is 31.2. The van der Waals surface area contributed by atoms with Crippen molar-refractivity contribution in [1.82, 2.24) is 26.2 Å². The SMILES string of the molecule is Cc1ccc(C[C@H]2NC(=O)/C=C/C[C@@H]([C@H](C)[C@H]3O[C@@H]3c3ccc(CCC(=O)OCc4ccc(NC(=O)[C@H](C)CC(=O)[C@@H](NC(=O)CCN(CCC(=O)O)C(=O)CCC(=O)CCCOCCOCCOCCOCCC(=O)CCS(=O)(=O)O)C(C)C)cc4)cc3)OC(=O)[C@H](CC(C)C)NC(=O)C(C)(C)CNC2=O)cc1Cl. The number of aryl methyl sites for hydroxylation is 2. The first kappa shape index (κ1) is 92.2. The lowest BCUT2D eigenvalue weighted by Crippen LogP contribution is -2.54. The van der Waals surface area contributed by atoms with Gasteiger partial charge < -0.3 is 69.7 Å². The lowest BCUT2D eigenvalue weighted by atomic mass is 9.90. The zero-order chi connectivity index (χ0) is 81.1. The van der Waals surface area contributed by atoms with Gasteiger partial charge in [0, 0.05) is 113 Å². The number of hydrogen-bond acceptors (Lipinski definition) is 21. The van der Waals surface area contributed by atoms with E-state index in [1.807, 2.05) is 64.1 Å². The molecule has 2 aliphatic rings. The van der Waals surface area contributed by atoms with E-state index in [1.54, 1.807) is 71.0 Å². The average Bonchev–Trinajstić information content (AvgIpc) is 1.63. The second kappa shape index (κ2) is 47.1. The number of benzene rings is 3. The molecule has 0 aliphatic carbocycles. The van der Waals surface area contributed by atoms with Crippen LogP contribution in [0, 0.1) is 36.0 Å². The minimum atomic E-state index is -4.19. The predicted octanol–water partition coefficient (Wildman–Crippen LogP) is 7.47. The molecule has 0 aromatic heterocycles. The maximum atomic E-state index is 14.1.